The van der Waals surface area contributed by atoms with Crippen molar-refractivity contribution < 1.29 is 27.6 Å². The molecule has 3 heterocycles. The Balaban J connectivity index is 1.34. The van der Waals surface area contributed by atoms with Crippen molar-refractivity contribution in [1.29, 1.82) is 0 Å². The average Bonchev–Trinajstić information content (AvgIpc) is 3.46. The summed E-state index contributed by atoms with van der Waals surface area (Å²) in [5.41, 5.74) is 2.14. The Morgan fingerprint density at radius 1 is 1.11 bits per heavy atom. The summed E-state index contributed by atoms with van der Waals surface area (Å²) >= 11 is 0. The van der Waals surface area contributed by atoms with E-state index in [-0.39, 0.29) is 18.5 Å². The Hall–Kier alpha value is -4.09. The van der Waals surface area contributed by atoms with E-state index in [1.807, 2.05) is 41.4 Å². The normalized spacial score (nSPS) is 17.5. The van der Waals surface area contributed by atoms with Gasteiger partial charge in [-0.15, -0.1) is 0 Å². The Kier molecular flexibility index (Phi) is 6.49. The minimum Gasteiger partial charge on any atom is -0.345 e. The van der Waals surface area contributed by atoms with Gasteiger partial charge in [-0.3, -0.25) is 19.5 Å². The fourth-order valence-electron chi connectivity index (χ4n) is 5.21. The summed E-state index contributed by atoms with van der Waals surface area (Å²) in [5.74, 6) is -1.36. The van der Waals surface area contributed by atoms with Crippen LogP contribution in [-0.2, 0) is 9.59 Å². The number of likely N-dealkylation sites (tertiary alicyclic amines) is 1. The summed E-state index contributed by atoms with van der Waals surface area (Å²) in [6, 6.07) is 12.9. The number of nitrogens with zero attached hydrogens (tertiary/aromatic N) is 4. The molecular formula is C26H27F3N6O3. The first kappa shape index (κ1) is 25.6. The van der Waals surface area contributed by atoms with Crippen molar-refractivity contribution in [2.24, 2.45) is 0 Å². The quantitative estimate of drug-likeness (QED) is 0.531. The van der Waals surface area contributed by atoms with Crippen molar-refractivity contribution in [3.63, 3.8) is 0 Å². The number of amides is 3. The van der Waals surface area contributed by atoms with Crippen LogP contribution < -0.4 is 10.2 Å². The molecule has 2 saturated heterocycles. The zero-order valence-electron chi connectivity index (χ0n) is 20.7. The molecule has 2 aromatic carbocycles. The zero-order valence-corrected chi connectivity index (χ0v) is 20.7. The number of nitrogens with one attached hydrogen (secondary N) is 2. The number of rotatable bonds is 5. The second-order valence-corrected chi connectivity index (χ2v) is 9.80. The van der Waals surface area contributed by atoms with Crippen LogP contribution in [0.5, 0.6) is 0 Å². The third-order valence-corrected chi connectivity index (χ3v) is 7.25. The number of carbonyl (C=O) groups excluding carboxylic acids is 3. The molecule has 0 aliphatic carbocycles. The molecule has 0 atom stereocenters. The molecule has 2 aliphatic heterocycles. The summed E-state index contributed by atoms with van der Waals surface area (Å²) in [4.78, 5) is 44.1. The number of aromatic nitrogens is 2. The van der Waals surface area contributed by atoms with Crippen molar-refractivity contribution in [3.8, 4) is 0 Å². The van der Waals surface area contributed by atoms with E-state index in [2.05, 4.69) is 10.2 Å². The van der Waals surface area contributed by atoms with Gasteiger partial charge in [-0.25, -0.2) is 0 Å². The summed E-state index contributed by atoms with van der Waals surface area (Å²) in [6.07, 6.45) is -2.26. The molecule has 38 heavy (non-hydrogen) atoms. The van der Waals surface area contributed by atoms with Gasteiger partial charge < -0.3 is 20.0 Å². The van der Waals surface area contributed by atoms with Gasteiger partial charge in [0.1, 0.15) is 18.6 Å². The van der Waals surface area contributed by atoms with Crippen molar-refractivity contribution in [3.05, 3.63) is 59.8 Å². The number of halogens is 3. The molecule has 3 amide bonds. The average molecular weight is 529 g/mol. The Morgan fingerprint density at radius 3 is 2.50 bits per heavy atom. The highest BCUT2D eigenvalue weighted by molar-refractivity contribution is 5.99. The first-order chi connectivity index (χ1) is 18.1. The highest BCUT2D eigenvalue weighted by Crippen LogP contribution is 2.40. The van der Waals surface area contributed by atoms with Gasteiger partial charge in [-0.05, 0) is 50.1 Å². The lowest BCUT2D eigenvalue weighted by atomic mass is 9.85. The van der Waals surface area contributed by atoms with E-state index >= 15 is 0 Å². The molecule has 3 aromatic rings. The Morgan fingerprint density at radius 2 is 1.82 bits per heavy atom. The van der Waals surface area contributed by atoms with Crippen LogP contribution in [0.1, 0.15) is 28.8 Å². The number of hydrogen-bond acceptors (Lipinski definition) is 5. The molecule has 9 nitrogen and oxygen atoms in total. The number of aromatic amines is 1. The molecule has 0 saturated carbocycles. The topological polar surface area (TPSA) is 102 Å². The first-order valence-corrected chi connectivity index (χ1v) is 12.3. The van der Waals surface area contributed by atoms with Crippen LogP contribution in [0, 0.1) is 6.92 Å². The molecular weight excluding hydrogens is 501 g/mol. The lowest BCUT2D eigenvalue weighted by molar-refractivity contribution is -0.142. The van der Waals surface area contributed by atoms with E-state index < -0.39 is 30.7 Å². The number of hydrogen-bond donors (Lipinski definition) is 2. The number of anilines is 1. The lowest BCUT2D eigenvalue weighted by Gasteiger charge is -2.43. The monoisotopic (exact) mass is 528 g/mol. The lowest BCUT2D eigenvalue weighted by Crippen LogP contribution is -2.57. The fraction of sp³-hybridized carbons (Fsp3) is 0.385. The molecule has 1 spiro atoms. The van der Waals surface area contributed by atoms with Gasteiger partial charge in [-0.1, -0.05) is 17.7 Å². The van der Waals surface area contributed by atoms with E-state index in [9.17, 15) is 27.6 Å². The van der Waals surface area contributed by atoms with Gasteiger partial charge in [-0.2, -0.15) is 18.3 Å². The van der Waals surface area contributed by atoms with Crippen LogP contribution in [-0.4, -0.2) is 82.3 Å². The maximum Gasteiger partial charge on any atom is 0.405 e. The van der Waals surface area contributed by atoms with Crippen LogP contribution in [0.3, 0.4) is 0 Å². The summed E-state index contributed by atoms with van der Waals surface area (Å²) < 4.78 is 37.7. The minimum absolute atomic E-state index is 0.0619. The maximum atomic E-state index is 13.7. The molecule has 200 valence electrons. The van der Waals surface area contributed by atoms with Gasteiger partial charge in [0.15, 0.2) is 0 Å². The van der Waals surface area contributed by atoms with Crippen molar-refractivity contribution in [2.75, 3.05) is 37.7 Å². The number of H-pyrrole nitrogens is 1. The van der Waals surface area contributed by atoms with Gasteiger partial charge >= 0.3 is 6.18 Å². The van der Waals surface area contributed by atoms with Crippen LogP contribution in [0.2, 0.25) is 0 Å². The fourth-order valence-corrected chi connectivity index (χ4v) is 5.21. The third kappa shape index (κ3) is 4.90. The Labute approximate surface area is 216 Å². The number of carbonyl (C=O) groups is 3. The standard InChI is InChI=1S/C26H27F3N6O3/c1-17-2-5-20(6-3-17)35-16-34(14-22(36)30-15-26(27,28)29)24(38)25(35)8-10-33(11-9-25)23(37)18-4-7-21-19(12-18)13-31-32-21/h2-7,12-13H,8-11,14-16H2,1H3,(H,30,36)(H,31,32). The highest BCUT2D eigenvalue weighted by Gasteiger charge is 2.54. The van der Waals surface area contributed by atoms with Gasteiger partial charge in [0, 0.05) is 29.7 Å². The summed E-state index contributed by atoms with van der Waals surface area (Å²) in [5, 5.41) is 9.49. The number of aryl methyl sites for hydroxylation is 1. The zero-order chi connectivity index (χ0) is 27.1. The van der Waals surface area contributed by atoms with E-state index in [0.717, 1.165) is 22.2 Å². The summed E-state index contributed by atoms with van der Waals surface area (Å²) in [6.45, 7) is 0.688. The summed E-state index contributed by atoms with van der Waals surface area (Å²) in [7, 11) is 0. The number of fused-ring (bicyclic) bond motifs is 1. The second kappa shape index (κ2) is 9.66. The van der Waals surface area contributed by atoms with E-state index in [1.165, 1.54) is 4.90 Å². The molecule has 0 radical (unpaired) electrons. The third-order valence-electron chi connectivity index (χ3n) is 7.25. The smallest absolute Gasteiger partial charge is 0.345 e. The second-order valence-electron chi connectivity index (χ2n) is 9.80. The predicted octanol–water partition coefficient (Wildman–Crippen LogP) is 2.83. The van der Waals surface area contributed by atoms with Gasteiger partial charge in [0.2, 0.25) is 5.91 Å². The largest absolute Gasteiger partial charge is 0.405 e. The molecule has 5 rings (SSSR count). The number of piperidine rings is 1. The van der Waals surface area contributed by atoms with Crippen LogP contribution >= 0.6 is 0 Å². The minimum atomic E-state index is -4.54. The van der Waals surface area contributed by atoms with Crippen LogP contribution in [0.4, 0.5) is 18.9 Å². The molecule has 1 aromatic heterocycles. The molecule has 2 N–H and O–H groups in total. The number of alkyl halides is 3. The van der Waals surface area contributed by atoms with Crippen LogP contribution in [0.15, 0.2) is 48.7 Å². The molecule has 0 bridgehead atoms. The highest BCUT2D eigenvalue weighted by atomic mass is 19.4. The SMILES string of the molecule is Cc1ccc(N2CN(CC(=O)NCC(F)(F)F)C(=O)C23CCN(C(=O)c2ccc4[nH]ncc4c2)CC3)cc1. The van der Waals surface area contributed by atoms with E-state index in [4.69, 9.17) is 0 Å². The van der Waals surface area contributed by atoms with Crippen molar-refractivity contribution in [1.82, 2.24) is 25.3 Å². The van der Waals surface area contributed by atoms with E-state index in [0.29, 0.717) is 31.5 Å². The first-order valence-electron chi connectivity index (χ1n) is 12.3. The van der Waals surface area contributed by atoms with Gasteiger partial charge in [0.25, 0.3) is 11.8 Å². The molecule has 2 aliphatic rings. The van der Waals surface area contributed by atoms with Crippen LogP contribution in [0.25, 0.3) is 10.9 Å². The van der Waals surface area contributed by atoms with Crippen molar-refractivity contribution >= 4 is 34.3 Å². The predicted molar refractivity (Wildman–Crippen MR) is 133 cm³/mol. The molecule has 2 fully saturated rings. The van der Waals surface area contributed by atoms with E-state index in [1.54, 1.807) is 29.3 Å². The molecule has 0 unspecified atom stereocenters. The molecule has 12 heteroatoms. The number of benzene rings is 2. The Bertz CT molecular complexity index is 1360. The van der Waals surface area contributed by atoms with Crippen molar-refractivity contribution in [2.45, 2.75) is 31.5 Å². The maximum absolute atomic E-state index is 13.7. The van der Waals surface area contributed by atoms with Gasteiger partial charge in [0.05, 0.1) is 18.4 Å².